The van der Waals surface area contributed by atoms with E-state index in [1.807, 2.05) is 22.8 Å². The standard InChI is InChI=1S/C26H28F2N4O4/c27-24(28)16-5-3-6-17(12-16)25(35)30-26-29-20-13-19(31-10-11-36-15-23(31)34)8-9-22(20)32(26)21-7-2-1-4-18(21)14-33/h3,5-6,8-9,12-13,18,21,24,33H,1-2,4,7,10-11,14-15H2,(H,29,30,35)/t18-,21-/m0/s1. The number of aliphatic hydroxyl groups is 1. The Bertz CT molecular complexity index is 1350. The number of imidazole rings is 1. The number of amides is 2. The highest BCUT2D eigenvalue weighted by atomic mass is 19.3. The molecule has 36 heavy (non-hydrogen) atoms. The van der Waals surface area contributed by atoms with Crippen molar-refractivity contribution in [1.82, 2.24) is 9.55 Å². The molecule has 190 valence electrons. The van der Waals surface area contributed by atoms with Gasteiger partial charge in [0, 0.05) is 41.9 Å². The average molecular weight is 499 g/mol. The predicted octanol–water partition coefficient (Wildman–Crippen LogP) is 3.73. The van der Waals surface area contributed by atoms with E-state index in [1.165, 1.54) is 18.2 Å². The van der Waals surface area contributed by atoms with Crippen LogP contribution in [-0.4, -0.2) is 52.8 Å². The highest BCUT2D eigenvalue weighted by Gasteiger charge is 2.29. The number of carbonyl (C=O) groups excluding carboxylic acids is 2. The number of aromatic nitrogens is 2. The van der Waals surface area contributed by atoms with E-state index in [4.69, 9.17) is 4.74 Å². The maximum absolute atomic E-state index is 13.2. The summed E-state index contributed by atoms with van der Waals surface area (Å²) in [4.78, 5) is 34.6. The van der Waals surface area contributed by atoms with Crippen LogP contribution in [-0.2, 0) is 9.53 Å². The van der Waals surface area contributed by atoms with E-state index in [1.54, 1.807) is 4.90 Å². The molecule has 1 aliphatic heterocycles. The molecule has 0 bridgehead atoms. The minimum atomic E-state index is -2.69. The van der Waals surface area contributed by atoms with Crippen molar-refractivity contribution in [2.24, 2.45) is 10.9 Å². The molecule has 2 aliphatic rings. The van der Waals surface area contributed by atoms with Crippen molar-refractivity contribution in [3.8, 4) is 0 Å². The van der Waals surface area contributed by atoms with Crippen molar-refractivity contribution in [2.75, 3.05) is 31.3 Å². The molecule has 1 saturated carbocycles. The van der Waals surface area contributed by atoms with Crippen LogP contribution >= 0.6 is 0 Å². The van der Waals surface area contributed by atoms with Crippen LogP contribution in [0.3, 0.4) is 0 Å². The van der Waals surface area contributed by atoms with E-state index in [0.29, 0.717) is 24.4 Å². The number of aliphatic hydroxyl groups excluding tert-OH is 1. The van der Waals surface area contributed by atoms with Crippen LogP contribution in [0.2, 0.25) is 0 Å². The van der Waals surface area contributed by atoms with Crippen molar-refractivity contribution in [3.63, 3.8) is 0 Å². The van der Waals surface area contributed by atoms with Gasteiger partial charge in [-0.3, -0.25) is 9.59 Å². The third kappa shape index (κ3) is 4.70. The van der Waals surface area contributed by atoms with E-state index in [9.17, 15) is 23.5 Å². The van der Waals surface area contributed by atoms with Gasteiger partial charge in [0.25, 0.3) is 18.2 Å². The highest BCUT2D eigenvalue weighted by molar-refractivity contribution is 5.97. The SMILES string of the molecule is O=C(/N=c1\[nH]c2cc(N3CCOCC3=O)ccc2n1[C@H]1CCCC[C@H]1CO)c1cccc(C(F)F)c1. The number of carbonyl (C=O) groups is 2. The van der Waals surface area contributed by atoms with Crippen molar-refractivity contribution >= 4 is 28.5 Å². The van der Waals surface area contributed by atoms with Gasteiger partial charge in [0.1, 0.15) is 6.61 Å². The largest absolute Gasteiger partial charge is 0.396 e. The van der Waals surface area contributed by atoms with Crippen molar-refractivity contribution in [2.45, 2.75) is 38.2 Å². The summed E-state index contributed by atoms with van der Waals surface area (Å²) in [5, 5.41) is 10.1. The molecule has 1 aromatic heterocycles. The number of ether oxygens (including phenoxy) is 1. The van der Waals surface area contributed by atoms with Gasteiger partial charge < -0.3 is 24.3 Å². The van der Waals surface area contributed by atoms with Gasteiger partial charge in [-0.1, -0.05) is 25.0 Å². The molecule has 2 N–H and O–H groups in total. The number of rotatable bonds is 5. The number of hydrogen-bond donors (Lipinski definition) is 2. The lowest BCUT2D eigenvalue weighted by Gasteiger charge is -2.31. The fourth-order valence-corrected chi connectivity index (χ4v) is 5.21. The minimum Gasteiger partial charge on any atom is -0.396 e. The van der Waals surface area contributed by atoms with E-state index in [2.05, 4.69) is 9.98 Å². The van der Waals surface area contributed by atoms with Gasteiger partial charge in [0.2, 0.25) is 5.62 Å². The van der Waals surface area contributed by atoms with Crippen LogP contribution in [0.25, 0.3) is 11.0 Å². The quantitative estimate of drug-likeness (QED) is 0.560. The molecule has 2 atom stereocenters. The van der Waals surface area contributed by atoms with Crippen LogP contribution < -0.4 is 10.5 Å². The van der Waals surface area contributed by atoms with Gasteiger partial charge in [0.05, 0.1) is 17.6 Å². The van der Waals surface area contributed by atoms with Crippen molar-refractivity contribution in [1.29, 1.82) is 0 Å². The zero-order valence-corrected chi connectivity index (χ0v) is 19.7. The number of aromatic amines is 1. The second-order valence-corrected chi connectivity index (χ2v) is 9.26. The molecule has 8 nitrogen and oxygen atoms in total. The van der Waals surface area contributed by atoms with Crippen LogP contribution in [0.4, 0.5) is 14.5 Å². The number of H-pyrrole nitrogens is 1. The molecule has 1 saturated heterocycles. The van der Waals surface area contributed by atoms with Gasteiger partial charge in [0.15, 0.2) is 0 Å². The minimum absolute atomic E-state index is 0.00513. The molecule has 5 rings (SSSR count). The topological polar surface area (TPSA) is 99.9 Å². The fraction of sp³-hybridized carbons (Fsp3) is 0.423. The first-order valence-electron chi connectivity index (χ1n) is 12.2. The lowest BCUT2D eigenvalue weighted by Crippen LogP contribution is -2.41. The molecule has 2 aromatic carbocycles. The van der Waals surface area contributed by atoms with E-state index in [0.717, 1.165) is 37.3 Å². The average Bonchev–Trinajstić information content (AvgIpc) is 3.25. The zero-order valence-electron chi connectivity index (χ0n) is 19.7. The molecule has 10 heteroatoms. The van der Waals surface area contributed by atoms with Crippen LogP contribution in [0, 0.1) is 5.92 Å². The molecular weight excluding hydrogens is 470 g/mol. The van der Waals surface area contributed by atoms with Crippen molar-refractivity contribution in [3.05, 3.63) is 59.2 Å². The Morgan fingerprint density at radius 2 is 2.03 bits per heavy atom. The highest BCUT2D eigenvalue weighted by Crippen LogP contribution is 2.35. The Kier molecular flexibility index (Phi) is 6.97. The van der Waals surface area contributed by atoms with Gasteiger partial charge in [-0.2, -0.15) is 4.99 Å². The Morgan fingerprint density at radius 3 is 2.81 bits per heavy atom. The van der Waals surface area contributed by atoms with E-state index < -0.39 is 12.3 Å². The number of benzene rings is 2. The zero-order chi connectivity index (χ0) is 25.2. The molecule has 0 unspecified atom stereocenters. The fourth-order valence-electron chi connectivity index (χ4n) is 5.21. The number of nitrogens with zero attached hydrogens (tertiary/aromatic N) is 3. The number of nitrogens with one attached hydrogen (secondary N) is 1. The molecule has 2 amide bonds. The summed E-state index contributed by atoms with van der Waals surface area (Å²) in [6.07, 6.45) is 0.963. The monoisotopic (exact) mass is 498 g/mol. The summed E-state index contributed by atoms with van der Waals surface area (Å²) in [5.74, 6) is -0.779. The van der Waals surface area contributed by atoms with Gasteiger partial charge in [-0.15, -0.1) is 0 Å². The summed E-state index contributed by atoms with van der Waals surface area (Å²) in [6, 6.07) is 10.8. The maximum atomic E-state index is 13.2. The number of halogens is 2. The number of anilines is 1. The third-order valence-corrected chi connectivity index (χ3v) is 7.04. The Balaban J connectivity index is 1.63. The Hall–Kier alpha value is -3.37. The predicted molar refractivity (Wildman–Crippen MR) is 129 cm³/mol. The molecule has 2 fully saturated rings. The smallest absolute Gasteiger partial charge is 0.280 e. The Labute approximate surface area is 206 Å². The van der Waals surface area contributed by atoms with Crippen molar-refractivity contribution < 1.29 is 28.2 Å². The molecule has 1 aliphatic carbocycles. The third-order valence-electron chi connectivity index (χ3n) is 7.04. The lowest BCUT2D eigenvalue weighted by molar-refractivity contribution is -0.125. The summed E-state index contributed by atoms with van der Waals surface area (Å²) >= 11 is 0. The Morgan fingerprint density at radius 1 is 1.19 bits per heavy atom. The van der Waals surface area contributed by atoms with Crippen LogP contribution in [0.15, 0.2) is 47.5 Å². The normalized spacial score (nSPS) is 21.5. The molecule has 3 aromatic rings. The van der Waals surface area contributed by atoms with Crippen LogP contribution in [0.1, 0.15) is 54.1 Å². The molecule has 0 spiro atoms. The van der Waals surface area contributed by atoms with E-state index in [-0.39, 0.29) is 47.8 Å². The number of hydrogen-bond acceptors (Lipinski definition) is 4. The second-order valence-electron chi connectivity index (χ2n) is 9.26. The second kappa shape index (κ2) is 10.3. The van der Waals surface area contributed by atoms with Gasteiger partial charge >= 0.3 is 0 Å². The lowest BCUT2D eigenvalue weighted by atomic mass is 9.85. The molecule has 0 radical (unpaired) electrons. The first-order chi connectivity index (χ1) is 17.5. The summed E-state index contributed by atoms with van der Waals surface area (Å²) in [7, 11) is 0. The maximum Gasteiger partial charge on any atom is 0.280 e. The van der Waals surface area contributed by atoms with Gasteiger partial charge in [-0.05, 0) is 43.2 Å². The molecule has 2 heterocycles. The first kappa shape index (κ1) is 24.3. The summed E-state index contributed by atoms with van der Waals surface area (Å²) in [5.41, 5.74) is 2.29. The number of morpholine rings is 1. The summed E-state index contributed by atoms with van der Waals surface area (Å²) < 4.78 is 33.5. The summed E-state index contributed by atoms with van der Waals surface area (Å²) in [6.45, 7) is 0.919. The molecular formula is C26H28F2N4O4. The number of fused-ring (bicyclic) bond motifs is 1. The van der Waals surface area contributed by atoms with Gasteiger partial charge in [-0.25, -0.2) is 8.78 Å². The van der Waals surface area contributed by atoms with E-state index >= 15 is 0 Å². The van der Waals surface area contributed by atoms with Crippen LogP contribution in [0.5, 0.6) is 0 Å². The number of alkyl halides is 2. The first-order valence-corrected chi connectivity index (χ1v) is 12.2.